The van der Waals surface area contributed by atoms with Crippen molar-refractivity contribution >= 4 is 5.78 Å². The highest BCUT2D eigenvalue weighted by molar-refractivity contribution is 5.90. The van der Waals surface area contributed by atoms with Crippen molar-refractivity contribution in [1.82, 2.24) is 0 Å². The Hall–Kier alpha value is -1.37. The molecule has 1 rings (SSSR count). The van der Waals surface area contributed by atoms with Gasteiger partial charge in [-0.15, -0.1) is 0 Å². The summed E-state index contributed by atoms with van der Waals surface area (Å²) in [7, 11) is 0. The number of allylic oxidation sites excluding steroid dienone is 7. The molecule has 0 aromatic heterocycles. The largest absolute Gasteiger partial charge is 0.295 e. The molecule has 21 heavy (non-hydrogen) atoms. The second kappa shape index (κ2) is 8.81. The fraction of sp³-hybridized carbons (Fsp3) is 0.550. The first kappa shape index (κ1) is 17.7. The zero-order chi connectivity index (χ0) is 15.8. The van der Waals surface area contributed by atoms with Crippen LogP contribution in [0.1, 0.15) is 59.8 Å². The fourth-order valence-electron chi connectivity index (χ4n) is 2.76. The minimum atomic E-state index is 0.249. The average Bonchev–Trinajstić information content (AvgIpc) is 2.37. The first-order valence-corrected chi connectivity index (χ1v) is 8.08. The smallest absolute Gasteiger partial charge is 0.155 e. The molecule has 0 N–H and O–H groups in total. The Bertz CT molecular complexity index is 458. The molecular formula is C20H30O. The zero-order valence-corrected chi connectivity index (χ0v) is 14.1. The Morgan fingerprint density at radius 2 is 2.14 bits per heavy atom. The lowest BCUT2D eigenvalue weighted by Crippen LogP contribution is -2.14. The minimum absolute atomic E-state index is 0.249. The Kier molecular flexibility index (Phi) is 7.42. The third kappa shape index (κ3) is 7.27. The quantitative estimate of drug-likeness (QED) is 0.471. The van der Waals surface area contributed by atoms with Crippen LogP contribution in [-0.4, -0.2) is 5.78 Å². The third-order valence-corrected chi connectivity index (χ3v) is 4.11. The molecule has 0 saturated carbocycles. The molecule has 1 nitrogen and oxygen atoms in total. The molecule has 0 saturated heterocycles. The van der Waals surface area contributed by atoms with Crippen molar-refractivity contribution in [2.45, 2.75) is 59.8 Å². The second-order valence-electron chi connectivity index (χ2n) is 6.68. The van der Waals surface area contributed by atoms with Crippen LogP contribution < -0.4 is 0 Å². The second-order valence-corrected chi connectivity index (χ2v) is 6.68. The first-order chi connectivity index (χ1) is 9.88. The summed E-state index contributed by atoms with van der Waals surface area (Å²) in [6.07, 6.45) is 13.6. The van der Waals surface area contributed by atoms with E-state index in [4.69, 9.17) is 0 Å². The Balaban J connectivity index is 2.74. The molecule has 1 aliphatic carbocycles. The fourth-order valence-corrected chi connectivity index (χ4v) is 2.76. The molecule has 0 aliphatic heterocycles. The molecule has 0 spiro atoms. The van der Waals surface area contributed by atoms with E-state index in [9.17, 15) is 4.79 Å². The van der Waals surface area contributed by atoms with Gasteiger partial charge in [-0.1, -0.05) is 48.5 Å². The van der Waals surface area contributed by atoms with Gasteiger partial charge in [-0.25, -0.2) is 0 Å². The van der Waals surface area contributed by atoms with E-state index in [-0.39, 0.29) is 5.78 Å². The highest BCUT2D eigenvalue weighted by Gasteiger charge is 2.17. The van der Waals surface area contributed by atoms with E-state index in [1.165, 1.54) is 11.1 Å². The SMILES string of the molecule is C=C1C=CC(C(C)CC(=O)C=C(C)C)CCC(C)=CCC1. The molecule has 116 valence electrons. The number of rotatable bonds is 4. The summed E-state index contributed by atoms with van der Waals surface area (Å²) >= 11 is 0. The number of carbonyl (C=O) groups is 1. The first-order valence-electron chi connectivity index (χ1n) is 8.08. The summed E-state index contributed by atoms with van der Waals surface area (Å²) in [6, 6.07) is 0. The Morgan fingerprint density at radius 3 is 2.81 bits per heavy atom. The molecule has 1 aliphatic rings. The lowest BCUT2D eigenvalue weighted by molar-refractivity contribution is -0.115. The summed E-state index contributed by atoms with van der Waals surface area (Å²) in [4.78, 5) is 12.0. The average molecular weight is 286 g/mol. The van der Waals surface area contributed by atoms with Gasteiger partial charge < -0.3 is 0 Å². The van der Waals surface area contributed by atoms with Gasteiger partial charge in [0, 0.05) is 6.42 Å². The summed E-state index contributed by atoms with van der Waals surface area (Å²) in [5.74, 6) is 1.08. The number of hydrogen-bond acceptors (Lipinski definition) is 1. The van der Waals surface area contributed by atoms with Crippen molar-refractivity contribution < 1.29 is 4.79 Å². The number of ketones is 1. The van der Waals surface area contributed by atoms with Crippen LogP contribution in [0.15, 0.2) is 47.6 Å². The van der Waals surface area contributed by atoms with Gasteiger partial charge in [0.1, 0.15) is 0 Å². The van der Waals surface area contributed by atoms with E-state index in [1.54, 1.807) is 6.08 Å². The van der Waals surface area contributed by atoms with E-state index in [1.807, 2.05) is 13.8 Å². The summed E-state index contributed by atoms with van der Waals surface area (Å²) < 4.78 is 0. The van der Waals surface area contributed by atoms with Gasteiger partial charge in [0.05, 0.1) is 0 Å². The maximum atomic E-state index is 12.0. The van der Waals surface area contributed by atoms with Crippen LogP contribution in [0.4, 0.5) is 0 Å². The molecule has 0 amide bonds. The standard InChI is InChI=1S/C20H30O/c1-15(2)13-20(21)14-18(5)19-11-9-16(3)7-6-8-17(4)10-12-19/h8-9,11,13,18-19H,3,6-7,10,12,14H2,1-2,4-5H3. The topological polar surface area (TPSA) is 17.1 Å². The minimum Gasteiger partial charge on any atom is -0.295 e. The van der Waals surface area contributed by atoms with E-state index in [0.717, 1.165) is 31.3 Å². The van der Waals surface area contributed by atoms with E-state index < -0.39 is 0 Å². The van der Waals surface area contributed by atoms with Crippen LogP contribution in [0.25, 0.3) is 0 Å². The molecule has 0 fully saturated rings. The van der Waals surface area contributed by atoms with Gasteiger partial charge in [0.15, 0.2) is 5.78 Å². The molecule has 0 aromatic rings. The summed E-state index contributed by atoms with van der Waals surface area (Å²) in [5.41, 5.74) is 3.74. The Morgan fingerprint density at radius 1 is 1.43 bits per heavy atom. The maximum absolute atomic E-state index is 12.0. The van der Waals surface area contributed by atoms with Crippen molar-refractivity contribution in [2.75, 3.05) is 0 Å². The van der Waals surface area contributed by atoms with Crippen LogP contribution in [0.5, 0.6) is 0 Å². The van der Waals surface area contributed by atoms with Crippen molar-refractivity contribution in [3.8, 4) is 0 Å². The van der Waals surface area contributed by atoms with Crippen molar-refractivity contribution in [2.24, 2.45) is 11.8 Å². The molecule has 2 atom stereocenters. The predicted octanol–water partition coefficient (Wildman–Crippen LogP) is 5.80. The van der Waals surface area contributed by atoms with Crippen LogP contribution in [0.2, 0.25) is 0 Å². The monoisotopic (exact) mass is 286 g/mol. The highest BCUT2D eigenvalue weighted by Crippen LogP contribution is 2.27. The summed E-state index contributed by atoms with van der Waals surface area (Å²) in [5, 5.41) is 0. The van der Waals surface area contributed by atoms with Crippen LogP contribution >= 0.6 is 0 Å². The van der Waals surface area contributed by atoms with Crippen LogP contribution in [-0.2, 0) is 4.79 Å². The highest BCUT2D eigenvalue weighted by atomic mass is 16.1. The summed E-state index contributed by atoms with van der Waals surface area (Å²) in [6.45, 7) is 12.5. The lowest BCUT2D eigenvalue weighted by Gasteiger charge is -2.21. The molecule has 0 heterocycles. The lowest BCUT2D eigenvalue weighted by atomic mass is 9.84. The molecule has 2 unspecified atom stereocenters. The van der Waals surface area contributed by atoms with Crippen LogP contribution in [0, 0.1) is 11.8 Å². The zero-order valence-electron chi connectivity index (χ0n) is 14.1. The molecule has 0 aromatic carbocycles. The molecule has 0 radical (unpaired) electrons. The van der Waals surface area contributed by atoms with Gasteiger partial charge in [-0.2, -0.15) is 0 Å². The van der Waals surface area contributed by atoms with Gasteiger partial charge in [0.25, 0.3) is 0 Å². The molecule has 0 bridgehead atoms. The van der Waals surface area contributed by atoms with Gasteiger partial charge in [-0.05, 0) is 64.4 Å². The third-order valence-electron chi connectivity index (χ3n) is 4.11. The van der Waals surface area contributed by atoms with E-state index in [2.05, 4.69) is 38.7 Å². The van der Waals surface area contributed by atoms with Crippen LogP contribution in [0.3, 0.4) is 0 Å². The maximum Gasteiger partial charge on any atom is 0.155 e. The molecular weight excluding hydrogens is 256 g/mol. The van der Waals surface area contributed by atoms with Crippen molar-refractivity contribution in [3.05, 3.63) is 47.6 Å². The van der Waals surface area contributed by atoms with Crippen molar-refractivity contribution in [1.29, 1.82) is 0 Å². The van der Waals surface area contributed by atoms with Gasteiger partial charge in [-0.3, -0.25) is 4.79 Å². The van der Waals surface area contributed by atoms with Crippen molar-refractivity contribution in [3.63, 3.8) is 0 Å². The Labute approximate surface area is 130 Å². The number of hydrogen-bond donors (Lipinski definition) is 0. The van der Waals surface area contributed by atoms with E-state index in [0.29, 0.717) is 18.3 Å². The van der Waals surface area contributed by atoms with Gasteiger partial charge in [0.2, 0.25) is 0 Å². The predicted molar refractivity (Wildman–Crippen MR) is 92.2 cm³/mol. The normalized spacial score (nSPS) is 21.4. The van der Waals surface area contributed by atoms with Gasteiger partial charge >= 0.3 is 0 Å². The molecule has 1 heteroatoms. The number of carbonyl (C=O) groups excluding carboxylic acids is 1. The van der Waals surface area contributed by atoms with E-state index >= 15 is 0 Å².